The van der Waals surface area contributed by atoms with E-state index in [1.54, 1.807) is 20.8 Å². The van der Waals surface area contributed by atoms with Crippen LogP contribution in [0.1, 0.15) is 36.9 Å². The van der Waals surface area contributed by atoms with Crippen molar-refractivity contribution in [2.75, 3.05) is 0 Å². The minimum Gasteiger partial charge on any atom is -0.422 e. The topological polar surface area (TPSA) is 72.6 Å². The van der Waals surface area contributed by atoms with Crippen molar-refractivity contribution < 1.29 is 19.2 Å². The number of aromatic nitrogens is 1. The highest BCUT2D eigenvalue weighted by Crippen LogP contribution is 2.46. The first-order chi connectivity index (χ1) is 6.36. The largest absolute Gasteiger partial charge is 0.422 e. The molecule has 0 saturated heterocycles. The lowest BCUT2D eigenvalue weighted by Crippen LogP contribution is -2.40. The van der Waals surface area contributed by atoms with Crippen molar-refractivity contribution in [1.29, 1.82) is 0 Å². The second kappa shape index (κ2) is 2.36. The van der Waals surface area contributed by atoms with Crippen LogP contribution in [0.25, 0.3) is 0 Å². The molecule has 1 aliphatic heterocycles. The van der Waals surface area contributed by atoms with Crippen LogP contribution in [0.4, 0.5) is 0 Å². The summed E-state index contributed by atoms with van der Waals surface area (Å²) in [6.45, 7) is 5.30. The van der Waals surface area contributed by atoms with Crippen LogP contribution < -0.4 is 0 Å². The quantitative estimate of drug-likeness (QED) is 0.629. The zero-order chi connectivity index (χ0) is 10.6. The molecule has 14 heavy (non-hydrogen) atoms. The molecule has 1 aromatic rings. The second-order valence-electron chi connectivity index (χ2n) is 4.35. The summed E-state index contributed by atoms with van der Waals surface area (Å²) in [6, 6.07) is 0. The molecule has 0 aliphatic carbocycles. The van der Waals surface area contributed by atoms with Crippen LogP contribution >= 0.6 is 0 Å². The smallest absolute Gasteiger partial charge is 0.380 e. The Kier molecular flexibility index (Phi) is 1.55. The summed E-state index contributed by atoms with van der Waals surface area (Å²) in [5.41, 5.74) is -0.325. The molecule has 0 aromatic carbocycles. The third kappa shape index (κ3) is 0.928. The van der Waals surface area contributed by atoms with E-state index in [1.165, 1.54) is 6.20 Å². The number of aliphatic hydroxyl groups is 1. The molecule has 0 fully saturated rings. The number of esters is 1. The van der Waals surface area contributed by atoms with Crippen LogP contribution in [-0.2, 0) is 10.5 Å². The SMILES string of the molecule is CC(C)(C)C1(O)OC(=O)c2oncc21. The van der Waals surface area contributed by atoms with E-state index < -0.39 is 17.2 Å². The number of ether oxygens (including phenoxy) is 1. The van der Waals surface area contributed by atoms with Crippen molar-refractivity contribution in [2.45, 2.75) is 26.6 Å². The Balaban J connectivity index is 2.58. The van der Waals surface area contributed by atoms with Crippen molar-refractivity contribution >= 4 is 5.97 Å². The number of cyclic esters (lactones) is 1. The van der Waals surface area contributed by atoms with E-state index >= 15 is 0 Å². The van der Waals surface area contributed by atoms with E-state index in [9.17, 15) is 9.90 Å². The third-order valence-electron chi connectivity index (χ3n) is 2.38. The molecular formula is C9H11NO4. The highest BCUT2D eigenvalue weighted by molar-refractivity contribution is 5.91. The van der Waals surface area contributed by atoms with Gasteiger partial charge in [-0.1, -0.05) is 25.9 Å². The van der Waals surface area contributed by atoms with Crippen LogP contribution in [0.2, 0.25) is 0 Å². The van der Waals surface area contributed by atoms with Gasteiger partial charge in [0, 0.05) is 5.41 Å². The highest BCUT2D eigenvalue weighted by atomic mass is 16.7. The van der Waals surface area contributed by atoms with Crippen molar-refractivity contribution in [2.24, 2.45) is 5.41 Å². The molecule has 0 amide bonds. The van der Waals surface area contributed by atoms with Crippen LogP contribution in [0.3, 0.4) is 0 Å². The molecule has 0 spiro atoms. The maximum Gasteiger partial charge on any atom is 0.380 e. The Labute approximate surface area is 80.6 Å². The molecule has 1 atom stereocenters. The van der Waals surface area contributed by atoms with Crippen molar-refractivity contribution in [3.05, 3.63) is 17.5 Å². The Bertz CT molecular complexity index is 390. The van der Waals surface area contributed by atoms with Gasteiger partial charge in [0.2, 0.25) is 5.79 Å². The zero-order valence-corrected chi connectivity index (χ0v) is 8.20. The van der Waals surface area contributed by atoms with Crippen LogP contribution in [-0.4, -0.2) is 16.2 Å². The first kappa shape index (κ1) is 9.21. The van der Waals surface area contributed by atoms with Crippen molar-refractivity contribution in [3.63, 3.8) is 0 Å². The molecule has 1 N–H and O–H groups in total. The summed E-state index contributed by atoms with van der Waals surface area (Å²) in [5, 5.41) is 13.7. The normalized spacial score (nSPS) is 26.1. The van der Waals surface area contributed by atoms with Gasteiger partial charge >= 0.3 is 5.97 Å². The monoisotopic (exact) mass is 197 g/mol. The van der Waals surface area contributed by atoms with Crippen LogP contribution in [0.5, 0.6) is 0 Å². The van der Waals surface area contributed by atoms with Gasteiger partial charge in [-0.05, 0) is 0 Å². The van der Waals surface area contributed by atoms with E-state index in [2.05, 4.69) is 5.16 Å². The minimum atomic E-state index is -1.64. The second-order valence-corrected chi connectivity index (χ2v) is 4.35. The first-order valence-corrected chi connectivity index (χ1v) is 4.27. The Morgan fingerprint density at radius 3 is 2.71 bits per heavy atom. The first-order valence-electron chi connectivity index (χ1n) is 4.27. The fourth-order valence-corrected chi connectivity index (χ4v) is 1.42. The maximum atomic E-state index is 11.3. The van der Waals surface area contributed by atoms with E-state index in [-0.39, 0.29) is 5.76 Å². The van der Waals surface area contributed by atoms with E-state index in [1.807, 2.05) is 0 Å². The Hall–Kier alpha value is -1.36. The van der Waals surface area contributed by atoms with Gasteiger partial charge < -0.3 is 14.4 Å². The molecule has 1 aromatic heterocycles. The van der Waals surface area contributed by atoms with Gasteiger partial charge in [0.05, 0.1) is 11.8 Å². The van der Waals surface area contributed by atoms with Gasteiger partial charge in [0.1, 0.15) is 0 Å². The van der Waals surface area contributed by atoms with Crippen LogP contribution in [0.15, 0.2) is 10.7 Å². The van der Waals surface area contributed by atoms with Gasteiger partial charge in [-0.2, -0.15) is 0 Å². The molecule has 2 rings (SSSR count). The summed E-state index contributed by atoms with van der Waals surface area (Å²) in [6.07, 6.45) is 1.31. The number of hydrogen-bond acceptors (Lipinski definition) is 5. The summed E-state index contributed by atoms with van der Waals surface area (Å²) in [7, 11) is 0. The van der Waals surface area contributed by atoms with Gasteiger partial charge in [-0.25, -0.2) is 4.79 Å². The van der Waals surface area contributed by atoms with E-state index in [4.69, 9.17) is 9.26 Å². The molecule has 0 radical (unpaired) electrons. The third-order valence-corrected chi connectivity index (χ3v) is 2.38. The average molecular weight is 197 g/mol. The molecule has 1 aliphatic rings. The molecule has 76 valence electrons. The molecule has 5 nitrogen and oxygen atoms in total. The number of rotatable bonds is 0. The molecule has 0 bridgehead atoms. The summed E-state index contributed by atoms with van der Waals surface area (Å²) in [4.78, 5) is 11.3. The summed E-state index contributed by atoms with van der Waals surface area (Å²) in [5.74, 6) is -2.32. The Morgan fingerprint density at radius 2 is 2.14 bits per heavy atom. The van der Waals surface area contributed by atoms with Gasteiger partial charge in [-0.3, -0.25) is 0 Å². The lowest BCUT2D eigenvalue weighted by molar-refractivity contribution is -0.228. The number of nitrogens with zero attached hydrogens (tertiary/aromatic N) is 1. The van der Waals surface area contributed by atoms with E-state index in [0.29, 0.717) is 5.56 Å². The zero-order valence-electron chi connectivity index (χ0n) is 8.20. The summed E-state index contributed by atoms with van der Waals surface area (Å²) >= 11 is 0. The predicted molar refractivity (Wildman–Crippen MR) is 45.3 cm³/mol. The van der Waals surface area contributed by atoms with Crippen molar-refractivity contribution in [1.82, 2.24) is 5.16 Å². The molecule has 5 heteroatoms. The number of carbonyl (C=O) groups excluding carboxylic acids is 1. The number of carbonyl (C=O) groups is 1. The average Bonchev–Trinajstić information content (AvgIpc) is 2.55. The van der Waals surface area contributed by atoms with Crippen LogP contribution in [0, 0.1) is 5.41 Å². The predicted octanol–water partition coefficient (Wildman–Crippen LogP) is 1.04. The van der Waals surface area contributed by atoms with E-state index in [0.717, 1.165) is 0 Å². The Morgan fingerprint density at radius 1 is 1.50 bits per heavy atom. The highest BCUT2D eigenvalue weighted by Gasteiger charge is 2.55. The van der Waals surface area contributed by atoms with Gasteiger partial charge in [0.25, 0.3) is 5.76 Å². The lowest BCUT2D eigenvalue weighted by Gasteiger charge is -2.34. The van der Waals surface area contributed by atoms with Gasteiger partial charge in [0.15, 0.2) is 0 Å². The molecular weight excluding hydrogens is 186 g/mol. The van der Waals surface area contributed by atoms with Gasteiger partial charge in [-0.15, -0.1) is 0 Å². The van der Waals surface area contributed by atoms with Crippen molar-refractivity contribution in [3.8, 4) is 0 Å². The maximum absolute atomic E-state index is 11.3. The molecule has 2 heterocycles. The molecule has 0 saturated carbocycles. The fourth-order valence-electron chi connectivity index (χ4n) is 1.42. The summed E-state index contributed by atoms with van der Waals surface area (Å²) < 4.78 is 9.60. The number of hydrogen-bond donors (Lipinski definition) is 1. The molecule has 1 unspecified atom stereocenters. The standard InChI is InChI=1S/C9H11NO4/c1-8(2,3)9(12)5-4-10-14-6(5)7(11)13-9/h4,12H,1-3H3. The minimum absolute atomic E-state index is 0.0116. The fraction of sp³-hybridized carbons (Fsp3) is 0.556. The number of fused-ring (bicyclic) bond motifs is 1. The lowest BCUT2D eigenvalue weighted by atomic mass is 9.82.